The zero-order valence-corrected chi connectivity index (χ0v) is 14.9. The Balaban J connectivity index is 1.56. The molecule has 136 valence electrons. The van der Waals surface area contributed by atoms with E-state index in [0.29, 0.717) is 22.7 Å². The smallest absolute Gasteiger partial charge is 0.265 e. The molecule has 1 atom stereocenters. The van der Waals surface area contributed by atoms with Gasteiger partial charge in [0.05, 0.1) is 12.8 Å². The van der Waals surface area contributed by atoms with E-state index >= 15 is 0 Å². The van der Waals surface area contributed by atoms with Crippen molar-refractivity contribution in [1.82, 2.24) is 0 Å². The van der Waals surface area contributed by atoms with E-state index < -0.39 is 6.10 Å². The van der Waals surface area contributed by atoms with Crippen molar-refractivity contribution in [2.24, 2.45) is 0 Å². The van der Waals surface area contributed by atoms with Gasteiger partial charge in [-0.3, -0.25) is 9.59 Å². The molecule has 0 radical (unpaired) electrons. The Kier molecular flexibility index (Phi) is 4.16. The van der Waals surface area contributed by atoms with Crippen LogP contribution in [0.2, 0.25) is 0 Å². The summed E-state index contributed by atoms with van der Waals surface area (Å²) in [5.74, 6) is 0.909. The zero-order valence-electron chi connectivity index (χ0n) is 14.9. The van der Waals surface area contributed by atoms with Crippen LogP contribution in [0.1, 0.15) is 17.3 Å². The molecule has 1 heterocycles. The van der Waals surface area contributed by atoms with Crippen molar-refractivity contribution in [3.05, 3.63) is 60.2 Å². The molecule has 1 aliphatic heterocycles. The second-order valence-corrected chi connectivity index (χ2v) is 6.34. The number of nitrogens with one attached hydrogen (secondary N) is 2. The number of fused-ring (bicyclic) bond motifs is 2. The maximum atomic E-state index is 12.6. The first-order valence-electron chi connectivity index (χ1n) is 8.54. The summed E-state index contributed by atoms with van der Waals surface area (Å²) in [5, 5.41) is 7.56. The predicted molar refractivity (Wildman–Crippen MR) is 104 cm³/mol. The van der Waals surface area contributed by atoms with Crippen molar-refractivity contribution >= 4 is 34.0 Å². The third-order valence-corrected chi connectivity index (χ3v) is 4.48. The lowest BCUT2D eigenvalue weighted by Gasteiger charge is -2.23. The molecule has 4 rings (SSSR count). The number of carbonyl (C=O) groups excluding carboxylic acids is 2. The maximum absolute atomic E-state index is 12.6. The molecule has 0 saturated carbocycles. The lowest BCUT2D eigenvalue weighted by molar-refractivity contribution is -0.122. The van der Waals surface area contributed by atoms with Crippen LogP contribution < -0.4 is 20.1 Å². The molecule has 1 aliphatic rings. The van der Waals surface area contributed by atoms with Gasteiger partial charge >= 0.3 is 0 Å². The summed E-state index contributed by atoms with van der Waals surface area (Å²) in [7, 11) is 1.62. The molecule has 2 N–H and O–H groups in total. The summed E-state index contributed by atoms with van der Waals surface area (Å²) in [5.41, 5.74) is 1.66. The summed E-state index contributed by atoms with van der Waals surface area (Å²) in [6.45, 7) is 1.68. The van der Waals surface area contributed by atoms with Gasteiger partial charge in [0.1, 0.15) is 11.5 Å². The number of benzene rings is 3. The molecule has 27 heavy (non-hydrogen) atoms. The Hall–Kier alpha value is -3.54. The number of anilines is 2. The van der Waals surface area contributed by atoms with E-state index in [-0.39, 0.29) is 11.8 Å². The second-order valence-electron chi connectivity index (χ2n) is 6.34. The number of methoxy groups -OCH3 is 1. The molecule has 6 heteroatoms. The van der Waals surface area contributed by atoms with Crippen LogP contribution in [0.5, 0.6) is 11.5 Å². The molecule has 0 unspecified atom stereocenters. The number of carbonyl (C=O) groups is 2. The number of hydrogen-bond donors (Lipinski definition) is 2. The highest BCUT2D eigenvalue weighted by molar-refractivity contribution is 6.07. The van der Waals surface area contributed by atoms with Crippen molar-refractivity contribution in [2.45, 2.75) is 13.0 Å². The van der Waals surface area contributed by atoms with Gasteiger partial charge in [0.2, 0.25) is 0 Å². The molecule has 2 amide bonds. The third-order valence-electron chi connectivity index (χ3n) is 4.48. The minimum absolute atomic E-state index is 0.212. The molecule has 3 aromatic rings. The first-order chi connectivity index (χ1) is 13.0. The zero-order chi connectivity index (χ0) is 19.0. The standard InChI is InChI=1S/C21H18N2O4/c1-12-20(24)23-18-11-16(6-8-19(18)27-12)22-21(25)15-4-3-14-10-17(26-2)7-5-13(14)9-15/h3-12H,1-2H3,(H,22,25)(H,23,24)/t12-/m0/s1. The molecule has 0 fully saturated rings. The molecule has 0 aliphatic carbocycles. The van der Waals surface area contributed by atoms with E-state index in [4.69, 9.17) is 9.47 Å². The Morgan fingerprint density at radius 2 is 1.85 bits per heavy atom. The van der Waals surface area contributed by atoms with Gasteiger partial charge in [-0.1, -0.05) is 12.1 Å². The minimum Gasteiger partial charge on any atom is -0.497 e. The van der Waals surface area contributed by atoms with Gasteiger partial charge in [0.25, 0.3) is 11.8 Å². The highest BCUT2D eigenvalue weighted by Crippen LogP contribution is 2.32. The van der Waals surface area contributed by atoms with E-state index in [1.54, 1.807) is 38.3 Å². The first kappa shape index (κ1) is 16.9. The topological polar surface area (TPSA) is 76.7 Å². The molecule has 0 saturated heterocycles. The van der Waals surface area contributed by atoms with E-state index in [2.05, 4.69) is 10.6 Å². The Labute approximate surface area is 156 Å². The minimum atomic E-state index is -0.533. The van der Waals surface area contributed by atoms with Crippen molar-refractivity contribution in [1.29, 1.82) is 0 Å². The van der Waals surface area contributed by atoms with E-state index in [0.717, 1.165) is 16.5 Å². The Morgan fingerprint density at radius 3 is 2.67 bits per heavy atom. The van der Waals surface area contributed by atoms with Crippen LogP contribution in [0.3, 0.4) is 0 Å². The van der Waals surface area contributed by atoms with Crippen LogP contribution >= 0.6 is 0 Å². The normalized spacial score (nSPS) is 15.5. The summed E-state index contributed by atoms with van der Waals surface area (Å²) in [6.07, 6.45) is -0.533. The van der Waals surface area contributed by atoms with Gasteiger partial charge in [0.15, 0.2) is 6.10 Å². The van der Waals surface area contributed by atoms with Crippen molar-refractivity contribution < 1.29 is 19.1 Å². The summed E-state index contributed by atoms with van der Waals surface area (Å²) >= 11 is 0. The van der Waals surface area contributed by atoms with Gasteiger partial charge in [-0.05, 0) is 60.2 Å². The van der Waals surface area contributed by atoms with Crippen LogP contribution in [-0.4, -0.2) is 25.0 Å². The maximum Gasteiger partial charge on any atom is 0.265 e. The lowest BCUT2D eigenvalue weighted by atomic mass is 10.1. The van der Waals surface area contributed by atoms with Gasteiger partial charge < -0.3 is 20.1 Å². The van der Waals surface area contributed by atoms with Gasteiger partial charge in [0, 0.05) is 11.3 Å². The fourth-order valence-corrected chi connectivity index (χ4v) is 2.98. The molecule has 0 aromatic heterocycles. The number of amides is 2. The number of ether oxygens (including phenoxy) is 2. The highest BCUT2D eigenvalue weighted by Gasteiger charge is 2.23. The fraction of sp³-hybridized carbons (Fsp3) is 0.143. The average molecular weight is 362 g/mol. The fourth-order valence-electron chi connectivity index (χ4n) is 2.98. The van der Waals surface area contributed by atoms with Crippen molar-refractivity contribution in [2.75, 3.05) is 17.7 Å². The molecule has 3 aromatic carbocycles. The molecule has 0 spiro atoms. The van der Waals surface area contributed by atoms with Crippen LogP contribution in [0.15, 0.2) is 54.6 Å². The first-order valence-corrected chi connectivity index (χ1v) is 8.54. The van der Waals surface area contributed by atoms with Crippen molar-refractivity contribution in [3.63, 3.8) is 0 Å². The molecule has 6 nitrogen and oxygen atoms in total. The summed E-state index contributed by atoms with van der Waals surface area (Å²) in [6, 6.07) is 16.3. The molecular weight excluding hydrogens is 344 g/mol. The highest BCUT2D eigenvalue weighted by atomic mass is 16.5. The second kappa shape index (κ2) is 6.64. The van der Waals surface area contributed by atoms with Gasteiger partial charge in [-0.15, -0.1) is 0 Å². The van der Waals surface area contributed by atoms with Crippen LogP contribution in [0.25, 0.3) is 10.8 Å². The summed E-state index contributed by atoms with van der Waals surface area (Å²) in [4.78, 5) is 24.4. The Morgan fingerprint density at radius 1 is 1.07 bits per heavy atom. The molecular formula is C21H18N2O4. The van der Waals surface area contributed by atoms with E-state index in [9.17, 15) is 9.59 Å². The van der Waals surface area contributed by atoms with Crippen LogP contribution in [0, 0.1) is 0 Å². The monoisotopic (exact) mass is 362 g/mol. The van der Waals surface area contributed by atoms with Crippen molar-refractivity contribution in [3.8, 4) is 11.5 Å². The third kappa shape index (κ3) is 3.29. The van der Waals surface area contributed by atoms with E-state index in [1.165, 1.54) is 0 Å². The average Bonchev–Trinajstić information content (AvgIpc) is 2.68. The van der Waals surface area contributed by atoms with Crippen LogP contribution in [0.4, 0.5) is 11.4 Å². The number of rotatable bonds is 3. The molecule has 0 bridgehead atoms. The SMILES string of the molecule is COc1ccc2cc(C(=O)Nc3ccc4c(c3)NC(=O)[C@H](C)O4)ccc2c1. The largest absolute Gasteiger partial charge is 0.497 e. The van der Waals surface area contributed by atoms with Gasteiger partial charge in [-0.25, -0.2) is 0 Å². The van der Waals surface area contributed by atoms with Crippen LogP contribution in [-0.2, 0) is 4.79 Å². The predicted octanol–water partition coefficient (Wildman–Crippen LogP) is 3.82. The summed E-state index contributed by atoms with van der Waals surface area (Å²) < 4.78 is 10.7. The van der Waals surface area contributed by atoms with E-state index in [1.807, 2.05) is 30.3 Å². The quantitative estimate of drug-likeness (QED) is 0.743. The number of hydrogen-bond acceptors (Lipinski definition) is 4. The Bertz CT molecular complexity index is 1060. The lowest BCUT2D eigenvalue weighted by Crippen LogP contribution is -2.34. The van der Waals surface area contributed by atoms with Gasteiger partial charge in [-0.2, -0.15) is 0 Å².